The molecule has 0 aliphatic carbocycles. The maximum atomic E-state index is 12.2. The highest BCUT2D eigenvalue weighted by Gasteiger charge is 2.25. The van der Waals surface area contributed by atoms with Crippen LogP contribution in [0.25, 0.3) is 0 Å². The van der Waals surface area contributed by atoms with E-state index in [1.165, 1.54) is 0 Å². The summed E-state index contributed by atoms with van der Waals surface area (Å²) in [5.41, 5.74) is 7.30. The Morgan fingerprint density at radius 2 is 2.14 bits per heavy atom. The maximum Gasteiger partial charge on any atom is 0.254 e. The van der Waals surface area contributed by atoms with Crippen LogP contribution in [0.5, 0.6) is 0 Å². The first-order valence-electron chi connectivity index (χ1n) is 6.93. The van der Waals surface area contributed by atoms with Crippen LogP contribution in [0.1, 0.15) is 11.1 Å². The molecular weight excluding hydrogens is 268 g/mol. The van der Waals surface area contributed by atoms with E-state index in [0.29, 0.717) is 32.9 Å². The number of amides is 1. The minimum absolute atomic E-state index is 0.0540. The Hall–Kier alpha value is -1.87. The van der Waals surface area contributed by atoms with E-state index in [9.17, 15) is 4.79 Å². The molecule has 5 heteroatoms. The van der Waals surface area contributed by atoms with Gasteiger partial charge in [0.05, 0.1) is 26.4 Å². The molecule has 1 aromatic carbocycles. The Balaban J connectivity index is 1.92. The summed E-state index contributed by atoms with van der Waals surface area (Å²) in [6.45, 7) is 2.24. The van der Waals surface area contributed by atoms with Gasteiger partial charge in [-0.15, -0.1) is 0 Å². The second kappa shape index (κ2) is 7.79. The van der Waals surface area contributed by atoms with Crippen molar-refractivity contribution in [1.29, 1.82) is 0 Å². The summed E-state index contributed by atoms with van der Waals surface area (Å²) in [5, 5.41) is 0. The normalized spacial score (nSPS) is 17.7. The SMILES string of the molecule is CN(Cc1ccc(C#CCN)cc1)C(=O)C1COCCO1. The Morgan fingerprint density at radius 3 is 2.76 bits per heavy atom. The van der Waals surface area contributed by atoms with Gasteiger partial charge >= 0.3 is 0 Å². The fraction of sp³-hybridized carbons (Fsp3) is 0.438. The van der Waals surface area contributed by atoms with Crippen LogP contribution in [-0.4, -0.2) is 50.3 Å². The molecule has 1 heterocycles. The first-order valence-corrected chi connectivity index (χ1v) is 6.93. The van der Waals surface area contributed by atoms with E-state index >= 15 is 0 Å². The third kappa shape index (κ3) is 4.57. The van der Waals surface area contributed by atoms with Gasteiger partial charge in [-0.05, 0) is 17.7 Å². The number of rotatable bonds is 3. The van der Waals surface area contributed by atoms with Gasteiger partial charge in [0, 0.05) is 19.2 Å². The lowest BCUT2D eigenvalue weighted by Gasteiger charge is -2.26. The lowest BCUT2D eigenvalue weighted by atomic mass is 10.1. The van der Waals surface area contributed by atoms with Crippen LogP contribution < -0.4 is 5.73 Å². The third-order valence-electron chi connectivity index (χ3n) is 3.18. The number of nitrogens with zero attached hydrogens (tertiary/aromatic N) is 1. The third-order valence-corrected chi connectivity index (χ3v) is 3.18. The fourth-order valence-electron chi connectivity index (χ4n) is 2.07. The highest BCUT2D eigenvalue weighted by molar-refractivity contribution is 5.80. The highest BCUT2D eigenvalue weighted by Crippen LogP contribution is 2.09. The van der Waals surface area contributed by atoms with Gasteiger partial charge in [-0.2, -0.15) is 0 Å². The molecule has 1 atom stereocenters. The second-order valence-electron chi connectivity index (χ2n) is 4.83. The van der Waals surface area contributed by atoms with Gasteiger partial charge in [0.15, 0.2) is 6.10 Å². The van der Waals surface area contributed by atoms with E-state index in [-0.39, 0.29) is 5.91 Å². The van der Waals surface area contributed by atoms with E-state index in [1.54, 1.807) is 11.9 Å². The molecule has 1 aliphatic heterocycles. The van der Waals surface area contributed by atoms with E-state index in [4.69, 9.17) is 15.2 Å². The van der Waals surface area contributed by atoms with Crippen molar-refractivity contribution in [2.75, 3.05) is 33.4 Å². The Labute approximate surface area is 125 Å². The minimum Gasteiger partial charge on any atom is -0.376 e. The van der Waals surface area contributed by atoms with Gasteiger partial charge in [-0.3, -0.25) is 4.79 Å². The predicted octanol–water partition coefficient (Wildman–Crippen LogP) is 0.371. The summed E-state index contributed by atoms with van der Waals surface area (Å²) in [6, 6.07) is 7.78. The fourth-order valence-corrected chi connectivity index (χ4v) is 2.07. The van der Waals surface area contributed by atoms with Crippen molar-refractivity contribution in [3.63, 3.8) is 0 Å². The van der Waals surface area contributed by atoms with E-state index in [0.717, 1.165) is 11.1 Å². The van der Waals surface area contributed by atoms with Crippen molar-refractivity contribution in [3.8, 4) is 11.8 Å². The van der Waals surface area contributed by atoms with Crippen molar-refractivity contribution in [2.24, 2.45) is 5.73 Å². The lowest BCUT2D eigenvalue weighted by molar-refractivity contribution is -0.157. The van der Waals surface area contributed by atoms with Crippen molar-refractivity contribution >= 4 is 5.91 Å². The molecule has 1 aromatic rings. The second-order valence-corrected chi connectivity index (χ2v) is 4.83. The number of hydrogen-bond acceptors (Lipinski definition) is 4. The predicted molar refractivity (Wildman–Crippen MR) is 79.4 cm³/mol. The molecule has 21 heavy (non-hydrogen) atoms. The molecule has 2 rings (SSSR count). The summed E-state index contributed by atoms with van der Waals surface area (Å²) in [6.07, 6.45) is -0.488. The lowest BCUT2D eigenvalue weighted by Crippen LogP contribution is -2.43. The monoisotopic (exact) mass is 288 g/mol. The molecule has 1 amide bonds. The van der Waals surface area contributed by atoms with Crippen molar-refractivity contribution < 1.29 is 14.3 Å². The number of hydrogen-bond donors (Lipinski definition) is 1. The van der Waals surface area contributed by atoms with Crippen LogP contribution >= 0.6 is 0 Å². The standard InChI is InChI=1S/C16H20N2O3/c1-18(16(19)15-12-20-9-10-21-15)11-14-6-4-13(5-7-14)3-2-8-17/h4-7,15H,8-12,17H2,1H3. The molecule has 5 nitrogen and oxygen atoms in total. The smallest absolute Gasteiger partial charge is 0.254 e. The zero-order valence-electron chi connectivity index (χ0n) is 12.2. The summed E-state index contributed by atoms with van der Waals surface area (Å²) < 4.78 is 10.7. The number of carbonyl (C=O) groups excluding carboxylic acids is 1. The maximum absolute atomic E-state index is 12.2. The molecular formula is C16H20N2O3. The molecule has 2 N–H and O–H groups in total. The summed E-state index contributed by atoms with van der Waals surface area (Å²) in [5.74, 6) is 5.72. The zero-order valence-corrected chi connectivity index (χ0v) is 12.2. The molecule has 1 fully saturated rings. The Kier molecular flexibility index (Phi) is 5.76. The van der Waals surface area contributed by atoms with E-state index in [2.05, 4.69) is 11.8 Å². The minimum atomic E-state index is -0.488. The average Bonchev–Trinajstić information content (AvgIpc) is 2.54. The molecule has 1 saturated heterocycles. The van der Waals surface area contributed by atoms with Gasteiger partial charge in [0.2, 0.25) is 0 Å². The molecule has 0 spiro atoms. The first-order chi connectivity index (χ1) is 10.2. The number of likely N-dealkylation sites (N-methyl/N-ethyl adjacent to an activating group) is 1. The topological polar surface area (TPSA) is 64.8 Å². The summed E-state index contributed by atoms with van der Waals surface area (Å²) >= 11 is 0. The van der Waals surface area contributed by atoms with Gasteiger partial charge in [0.25, 0.3) is 5.91 Å². The molecule has 1 aliphatic rings. The summed E-state index contributed by atoms with van der Waals surface area (Å²) in [4.78, 5) is 13.8. The van der Waals surface area contributed by atoms with Crippen LogP contribution in [0, 0.1) is 11.8 Å². The van der Waals surface area contributed by atoms with Gasteiger partial charge in [-0.25, -0.2) is 0 Å². The van der Waals surface area contributed by atoms with Gasteiger partial charge < -0.3 is 20.1 Å². The number of carbonyl (C=O) groups is 1. The largest absolute Gasteiger partial charge is 0.376 e. The van der Waals surface area contributed by atoms with Gasteiger partial charge in [-0.1, -0.05) is 24.0 Å². The summed E-state index contributed by atoms with van der Waals surface area (Å²) in [7, 11) is 1.77. The zero-order chi connectivity index (χ0) is 15.1. The molecule has 0 radical (unpaired) electrons. The first kappa shape index (κ1) is 15.5. The van der Waals surface area contributed by atoms with Crippen LogP contribution in [0.4, 0.5) is 0 Å². The van der Waals surface area contributed by atoms with Crippen LogP contribution in [0.3, 0.4) is 0 Å². The highest BCUT2D eigenvalue weighted by atomic mass is 16.6. The molecule has 112 valence electrons. The number of benzene rings is 1. The average molecular weight is 288 g/mol. The Morgan fingerprint density at radius 1 is 1.38 bits per heavy atom. The van der Waals surface area contributed by atoms with Crippen LogP contribution in [0.2, 0.25) is 0 Å². The van der Waals surface area contributed by atoms with Crippen LogP contribution in [0.15, 0.2) is 24.3 Å². The van der Waals surface area contributed by atoms with Crippen molar-refractivity contribution in [1.82, 2.24) is 4.90 Å². The van der Waals surface area contributed by atoms with E-state index < -0.39 is 6.10 Å². The number of ether oxygens (including phenoxy) is 2. The quantitative estimate of drug-likeness (QED) is 0.816. The molecule has 0 bridgehead atoms. The van der Waals surface area contributed by atoms with Crippen molar-refractivity contribution in [2.45, 2.75) is 12.6 Å². The molecule has 1 unspecified atom stereocenters. The van der Waals surface area contributed by atoms with Crippen molar-refractivity contribution in [3.05, 3.63) is 35.4 Å². The number of nitrogens with two attached hydrogens (primary N) is 1. The van der Waals surface area contributed by atoms with E-state index in [1.807, 2.05) is 24.3 Å². The molecule has 0 aromatic heterocycles. The van der Waals surface area contributed by atoms with Gasteiger partial charge in [0.1, 0.15) is 0 Å². The molecule has 0 saturated carbocycles. The Bertz CT molecular complexity index is 525. The van der Waals surface area contributed by atoms with Crippen LogP contribution in [-0.2, 0) is 20.8 Å².